The fourth-order valence-corrected chi connectivity index (χ4v) is 4.48. The van der Waals surface area contributed by atoms with E-state index in [4.69, 9.17) is 0 Å². The molecule has 31 heavy (non-hydrogen) atoms. The Morgan fingerprint density at radius 1 is 0.903 bits per heavy atom. The molecular weight excluding hydrogens is 384 g/mol. The van der Waals surface area contributed by atoms with Gasteiger partial charge in [0.05, 0.1) is 6.04 Å². The second-order valence-corrected chi connectivity index (χ2v) is 8.05. The molecule has 3 aromatic rings. The minimum Gasteiger partial charge on any atom is -0.305 e. The Bertz CT molecular complexity index is 1050. The van der Waals surface area contributed by atoms with Crippen LogP contribution in [-0.2, 0) is 4.79 Å². The van der Waals surface area contributed by atoms with Crippen molar-refractivity contribution in [1.82, 2.24) is 0 Å². The van der Waals surface area contributed by atoms with Crippen molar-refractivity contribution in [2.24, 2.45) is 0 Å². The highest BCUT2D eigenvalue weighted by molar-refractivity contribution is 6.07. The fourth-order valence-electron chi connectivity index (χ4n) is 4.48. The van der Waals surface area contributed by atoms with E-state index in [0.717, 1.165) is 23.4 Å². The normalized spacial score (nSPS) is 17.7. The third kappa shape index (κ3) is 4.11. The molecule has 1 aliphatic heterocycles. The van der Waals surface area contributed by atoms with Crippen LogP contribution in [0, 0.1) is 0 Å². The molecule has 0 fully saturated rings. The summed E-state index contributed by atoms with van der Waals surface area (Å²) in [5.74, 6) is 0.105. The smallest absolute Gasteiger partial charge is 0.258 e. The molecule has 0 spiro atoms. The van der Waals surface area contributed by atoms with Gasteiger partial charge in [0.2, 0.25) is 5.91 Å². The summed E-state index contributed by atoms with van der Waals surface area (Å²) >= 11 is 0. The maximum Gasteiger partial charge on any atom is 0.258 e. The highest BCUT2D eigenvalue weighted by atomic mass is 16.2. The van der Waals surface area contributed by atoms with Crippen molar-refractivity contribution in [3.8, 4) is 0 Å². The van der Waals surface area contributed by atoms with Gasteiger partial charge in [0.15, 0.2) is 0 Å². The molecular formula is C27H28N2O2. The molecule has 2 atom stereocenters. The van der Waals surface area contributed by atoms with Crippen molar-refractivity contribution in [1.29, 1.82) is 0 Å². The molecule has 0 saturated heterocycles. The summed E-state index contributed by atoms with van der Waals surface area (Å²) in [6.45, 7) is 4.09. The Balaban J connectivity index is 1.79. The molecule has 0 aliphatic carbocycles. The minimum atomic E-state index is -0.118. The van der Waals surface area contributed by atoms with Crippen LogP contribution in [-0.4, -0.2) is 17.9 Å². The molecule has 3 aromatic carbocycles. The number of nitrogens with zero attached hydrogens (tertiary/aromatic N) is 2. The van der Waals surface area contributed by atoms with Gasteiger partial charge in [-0.15, -0.1) is 0 Å². The standard InChI is InChI=1S/C27H28N2O2/c1-3-12-26(30)29(22-15-8-5-9-16-22)25-19-20(2)28(24-18-11-10-17-23(24)25)27(31)21-13-6-4-7-14-21/h4-11,13-18,20,25H,3,12,19H2,1-2H3/t20-,25+/m1/s1. The van der Waals surface area contributed by atoms with Gasteiger partial charge in [-0.25, -0.2) is 0 Å². The van der Waals surface area contributed by atoms with E-state index in [1.54, 1.807) is 0 Å². The minimum absolute atomic E-state index is 0.00912. The number of anilines is 2. The monoisotopic (exact) mass is 412 g/mol. The molecule has 2 amide bonds. The number of carbonyl (C=O) groups is 2. The van der Waals surface area contributed by atoms with Crippen LogP contribution < -0.4 is 9.80 Å². The first-order valence-corrected chi connectivity index (χ1v) is 11.0. The van der Waals surface area contributed by atoms with E-state index < -0.39 is 0 Å². The lowest BCUT2D eigenvalue weighted by Crippen LogP contribution is -2.47. The van der Waals surface area contributed by atoms with Crippen molar-refractivity contribution in [2.75, 3.05) is 9.80 Å². The third-order valence-electron chi connectivity index (χ3n) is 5.88. The van der Waals surface area contributed by atoms with Gasteiger partial charge in [0.1, 0.15) is 0 Å². The largest absolute Gasteiger partial charge is 0.305 e. The molecule has 0 bridgehead atoms. The molecule has 4 nitrogen and oxygen atoms in total. The number of para-hydroxylation sites is 2. The average molecular weight is 413 g/mol. The summed E-state index contributed by atoms with van der Waals surface area (Å²) in [6.07, 6.45) is 1.97. The number of fused-ring (bicyclic) bond motifs is 1. The molecule has 1 aliphatic rings. The maximum absolute atomic E-state index is 13.4. The second kappa shape index (κ2) is 9.17. The Morgan fingerprint density at radius 2 is 1.52 bits per heavy atom. The van der Waals surface area contributed by atoms with E-state index in [9.17, 15) is 9.59 Å². The quantitative estimate of drug-likeness (QED) is 0.516. The van der Waals surface area contributed by atoms with Gasteiger partial charge >= 0.3 is 0 Å². The van der Waals surface area contributed by atoms with Crippen molar-refractivity contribution >= 4 is 23.2 Å². The van der Waals surface area contributed by atoms with Gasteiger partial charge in [-0.3, -0.25) is 9.59 Å². The van der Waals surface area contributed by atoms with Crippen molar-refractivity contribution in [3.05, 3.63) is 96.1 Å². The van der Waals surface area contributed by atoms with E-state index in [0.29, 0.717) is 18.4 Å². The van der Waals surface area contributed by atoms with Crippen LogP contribution >= 0.6 is 0 Å². The summed E-state index contributed by atoms with van der Waals surface area (Å²) in [5, 5.41) is 0. The second-order valence-electron chi connectivity index (χ2n) is 8.05. The summed E-state index contributed by atoms with van der Waals surface area (Å²) in [6, 6.07) is 27.1. The Labute approximate surface area is 184 Å². The van der Waals surface area contributed by atoms with Gasteiger partial charge < -0.3 is 9.80 Å². The number of rotatable bonds is 5. The first-order chi connectivity index (χ1) is 15.1. The molecule has 0 N–H and O–H groups in total. The Hall–Kier alpha value is -3.40. The zero-order valence-electron chi connectivity index (χ0n) is 18.1. The van der Waals surface area contributed by atoms with Crippen molar-refractivity contribution in [2.45, 2.75) is 45.2 Å². The summed E-state index contributed by atoms with van der Waals surface area (Å²) in [7, 11) is 0. The predicted octanol–water partition coefficient (Wildman–Crippen LogP) is 6.00. The number of amides is 2. The first-order valence-electron chi connectivity index (χ1n) is 11.0. The average Bonchev–Trinajstić information content (AvgIpc) is 2.80. The van der Waals surface area contributed by atoms with Gasteiger partial charge in [0, 0.05) is 29.4 Å². The van der Waals surface area contributed by atoms with E-state index >= 15 is 0 Å². The van der Waals surface area contributed by atoms with E-state index in [1.807, 2.05) is 102 Å². The third-order valence-corrected chi connectivity index (χ3v) is 5.88. The van der Waals surface area contributed by atoms with Gasteiger partial charge in [0.25, 0.3) is 5.91 Å². The highest BCUT2D eigenvalue weighted by Gasteiger charge is 2.38. The lowest BCUT2D eigenvalue weighted by atomic mass is 9.89. The van der Waals surface area contributed by atoms with Gasteiger partial charge in [-0.05, 0) is 55.7 Å². The maximum atomic E-state index is 13.4. The van der Waals surface area contributed by atoms with E-state index in [2.05, 4.69) is 6.92 Å². The number of carbonyl (C=O) groups excluding carboxylic acids is 2. The molecule has 0 aromatic heterocycles. The number of hydrogen-bond acceptors (Lipinski definition) is 2. The highest BCUT2D eigenvalue weighted by Crippen LogP contribution is 2.42. The van der Waals surface area contributed by atoms with Crippen LogP contribution in [0.1, 0.15) is 55.1 Å². The van der Waals surface area contributed by atoms with Crippen LogP contribution in [0.15, 0.2) is 84.9 Å². The van der Waals surface area contributed by atoms with Crippen LogP contribution in [0.3, 0.4) is 0 Å². The Kier molecular flexibility index (Phi) is 6.17. The molecule has 158 valence electrons. The summed E-state index contributed by atoms with van der Waals surface area (Å²) < 4.78 is 0. The van der Waals surface area contributed by atoms with Crippen molar-refractivity contribution in [3.63, 3.8) is 0 Å². The summed E-state index contributed by atoms with van der Waals surface area (Å²) in [5.41, 5.74) is 3.46. The fraction of sp³-hybridized carbons (Fsp3) is 0.259. The zero-order chi connectivity index (χ0) is 21.8. The molecule has 4 rings (SSSR count). The lowest BCUT2D eigenvalue weighted by Gasteiger charge is -2.43. The molecule has 0 unspecified atom stereocenters. The van der Waals surface area contributed by atoms with Crippen LogP contribution in [0.25, 0.3) is 0 Å². The Morgan fingerprint density at radius 3 is 2.19 bits per heavy atom. The van der Waals surface area contributed by atoms with Gasteiger partial charge in [-0.2, -0.15) is 0 Å². The number of benzene rings is 3. The molecule has 0 saturated carbocycles. The first kappa shape index (κ1) is 20.9. The number of hydrogen-bond donors (Lipinski definition) is 0. The van der Waals surface area contributed by atoms with Crippen molar-refractivity contribution < 1.29 is 9.59 Å². The SMILES string of the molecule is CCCC(=O)N(c1ccccc1)[C@H]1C[C@@H](C)N(C(=O)c2ccccc2)c2ccccc21. The topological polar surface area (TPSA) is 40.6 Å². The van der Waals surface area contributed by atoms with Gasteiger partial charge in [-0.1, -0.05) is 61.5 Å². The van der Waals surface area contributed by atoms with E-state index in [-0.39, 0.29) is 23.9 Å². The molecule has 4 heteroatoms. The van der Waals surface area contributed by atoms with Crippen LogP contribution in [0.2, 0.25) is 0 Å². The van der Waals surface area contributed by atoms with Crippen LogP contribution in [0.4, 0.5) is 11.4 Å². The summed E-state index contributed by atoms with van der Waals surface area (Å²) in [4.78, 5) is 30.5. The van der Waals surface area contributed by atoms with E-state index in [1.165, 1.54) is 0 Å². The van der Waals surface area contributed by atoms with Crippen LogP contribution in [0.5, 0.6) is 0 Å². The lowest BCUT2D eigenvalue weighted by molar-refractivity contribution is -0.119. The zero-order valence-corrected chi connectivity index (χ0v) is 18.1. The predicted molar refractivity (Wildman–Crippen MR) is 125 cm³/mol. The molecule has 1 heterocycles. The molecule has 0 radical (unpaired) electrons.